The number of carbonyl (C=O) groups excluding carboxylic acids is 1. The average molecular weight is 600 g/mol. The number of pyridine rings is 1. The normalized spacial score (nSPS) is 18.8. The topological polar surface area (TPSA) is 123 Å². The molecule has 0 radical (unpaired) electrons. The fraction of sp³-hybridized carbons (Fsp3) is 0.394. The van der Waals surface area contributed by atoms with Crippen molar-refractivity contribution in [3.8, 4) is 11.9 Å². The van der Waals surface area contributed by atoms with Gasteiger partial charge in [-0.2, -0.15) is 5.26 Å². The zero-order valence-corrected chi connectivity index (χ0v) is 24.7. The summed E-state index contributed by atoms with van der Waals surface area (Å²) in [5.74, 6) is 0.257. The highest BCUT2D eigenvalue weighted by Gasteiger charge is 2.38. The summed E-state index contributed by atoms with van der Waals surface area (Å²) in [6, 6.07) is 16.7. The highest BCUT2D eigenvalue weighted by atomic mass is 19.1. The molecule has 0 saturated carbocycles. The number of hydrogen-bond acceptors (Lipinski definition) is 9. The number of imidazole rings is 1. The average Bonchev–Trinajstić information content (AvgIpc) is 3.39. The predicted octanol–water partition coefficient (Wildman–Crippen LogP) is 4.64. The number of nitrogens with zero attached hydrogens (tertiary/aromatic N) is 5. The van der Waals surface area contributed by atoms with Crippen LogP contribution in [0.15, 0.2) is 54.6 Å². The SMILES string of the molecule is COC(=O)c1ccc2nc([C@H](C)N3CCC(O)(c4cccc(OCc5ccc(C#N)cc5F)n4)CC3)n(C[C@@H]3CCO3)c2c1. The molecule has 1 N–H and O–H groups in total. The molecule has 0 aliphatic carbocycles. The number of fused-ring (bicyclic) bond motifs is 1. The molecule has 4 heterocycles. The number of esters is 1. The van der Waals surface area contributed by atoms with Crippen LogP contribution in [0.3, 0.4) is 0 Å². The number of methoxy groups -OCH3 is 1. The van der Waals surface area contributed by atoms with Gasteiger partial charge in [-0.15, -0.1) is 0 Å². The van der Waals surface area contributed by atoms with E-state index in [9.17, 15) is 14.3 Å². The van der Waals surface area contributed by atoms with Gasteiger partial charge in [0.05, 0.1) is 59.7 Å². The van der Waals surface area contributed by atoms with Crippen LogP contribution in [0.4, 0.5) is 4.39 Å². The van der Waals surface area contributed by atoms with Crippen LogP contribution < -0.4 is 4.74 Å². The lowest BCUT2D eigenvalue weighted by Gasteiger charge is -2.40. The number of nitriles is 1. The van der Waals surface area contributed by atoms with Gasteiger partial charge in [-0.05, 0) is 62.6 Å². The maximum Gasteiger partial charge on any atom is 0.337 e. The molecule has 0 bridgehead atoms. The first-order valence-corrected chi connectivity index (χ1v) is 14.7. The molecule has 6 rings (SSSR count). The number of piperidine rings is 1. The predicted molar refractivity (Wildman–Crippen MR) is 158 cm³/mol. The maximum absolute atomic E-state index is 14.3. The quantitative estimate of drug-likeness (QED) is 0.274. The fourth-order valence-electron chi connectivity index (χ4n) is 5.87. The van der Waals surface area contributed by atoms with Gasteiger partial charge in [0.2, 0.25) is 5.88 Å². The number of carbonyl (C=O) groups is 1. The van der Waals surface area contributed by atoms with Gasteiger partial charge >= 0.3 is 5.97 Å². The minimum absolute atomic E-state index is 0.0499. The Balaban J connectivity index is 1.16. The van der Waals surface area contributed by atoms with Crippen molar-refractivity contribution in [2.24, 2.45) is 0 Å². The number of hydrogen-bond donors (Lipinski definition) is 1. The van der Waals surface area contributed by atoms with E-state index in [0.29, 0.717) is 49.3 Å². The van der Waals surface area contributed by atoms with Crippen molar-refractivity contribution in [2.45, 2.75) is 57.1 Å². The Morgan fingerprint density at radius 3 is 2.68 bits per heavy atom. The van der Waals surface area contributed by atoms with E-state index in [1.54, 1.807) is 30.3 Å². The molecule has 0 spiro atoms. The molecular formula is C33H34FN5O5. The molecule has 4 aromatic rings. The van der Waals surface area contributed by atoms with E-state index in [0.717, 1.165) is 29.9 Å². The number of aliphatic hydroxyl groups is 1. The van der Waals surface area contributed by atoms with Crippen LogP contribution in [-0.2, 0) is 28.2 Å². The van der Waals surface area contributed by atoms with Crippen LogP contribution in [0.25, 0.3) is 11.0 Å². The summed E-state index contributed by atoms with van der Waals surface area (Å²) in [6.45, 7) is 4.66. The molecule has 2 atom stereocenters. The third kappa shape index (κ3) is 5.88. The molecule has 11 heteroatoms. The van der Waals surface area contributed by atoms with Crippen molar-refractivity contribution in [1.29, 1.82) is 5.26 Å². The Hall–Kier alpha value is -4.37. The number of rotatable bonds is 9. The molecule has 0 amide bonds. The van der Waals surface area contributed by atoms with E-state index < -0.39 is 17.4 Å². The van der Waals surface area contributed by atoms with Gasteiger partial charge in [0.1, 0.15) is 23.8 Å². The summed E-state index contributed by atoms with van der Waals surface area (Å²) in [7, 11) is 1.37. The number of aromatic nitrogens is 3. The Morgan fingerprint density at radius 1 is 1.20 bits per heavy atom. The maximum atomic E-state index is 14.3. The molecule has 10 nitrogen and oxygen atoms in total. The van der Waals surface area contributed by atoms with E-state index in [1.807, 2.05) is 18.2 Å². The minimum atomic E-state index is -1.15. The van der Waals surface area contributed by atoms with Gasteiger partial charge in [-0.1, -0.05) is 12.1 Å². The first-order valence-electron chi connectivity index (χ1n) is 14.7. The van der Waals surface area contributed by atoms with Gasteiger partial charge in [0.25, 0.3) is 0 Å². The largest absolute Gasteiger partial charge is 0.473 e. The molecule has 2 saturated heterocycles. The highest BCUT2D eigenvalue weighted by molar-refractivity contribution is 5.93. The van der Waals surface area contributed by atoms with Crippen molar-refractivity contribution in [3.05, 3.63) is 88.6 Å². The number of ether oxygens (including phenoxy) is 3. The lowest BCUT2D eigenvalue weighted by atomic mass is 9.87. The number of likely N-dealkylation sites (tertiary alicyclic amines) is 1. The van der Waals surface area contributed by atoms with Crippen molar-refractivity contribution >= 4 is 17.0 Å². The third-order valence-electron chi connectivity index (χ3n) is 8.68. The van der Waals surface area contributed by atoms with E-state index in [1.165, 1.54) is 19.2 Å². The van der Waals surface area contributed by atoms with E-state index >= 15 is 0 Å². The second-order valence-corrected chi connectivity index (χ2v) is 11.4. The second-order valence-electron chi connectivity index (χ2n) is 11.4. The molecule has 2 aliphatic heterocycles. The van der Waals surface area contributed by atoms with Gasteiger partial charge < -0.3 is 23.9 Å². The monoisotopic (exact) mass is 599 g/mol. The number of halogens is 1. The van der Waals surface area contributed by atoms with Crippen LogP contribution in [-0.4, -0.2) is 63.4 Å². The number of benzene rings is 2. The zero-order chi connectivity index (χ0) is 30.8. The van der Waals surface area contributed by atoms with Crippen LogP contribution in [0.1, 0.15) is 65.2 Å². The Kier molecular flexibility index (Phi) is 8.31. The Morgan fingerprint density at radius 2 is 2.00 bits per heavy atom. The van der Waals surface area contributed by atoms with Crippen LogP contribution in [0.2, 0.25) is 0 Å². The summed E-state index contributed by atoms with van der Waals surface area (Å²) in [5.41, 5.74) is 2.05. The third-order valence-corrected chi connectivity index (χ3v) is 8.68. The lowest BCUT2D eigenvalue weighted by molar-refractivity contribution is -0.0602. The van der Waals surface area contributed by atoms with E-state index in [4.69, 9.17) is 24.5 Å². The molecule has 0 unspecified atom stereocenters. The summed E-state index contributed by atoms with van der Waals surface area (Å²) < 4.78 is 32.9. The van der Waals surface area contributed by atoms with Gasteiger partial charge in [0.15, 0.2) is 0 Å². The smallest absolute Gasteiger partial charge is 0.337 e. The summed E-state index contributed by atoms with van der Waals surface area (Å²) in [5, 5.41) is 20.6. The van der Waals surface area contributed by atoms with Crippen LogP contribution >= 0.6 is 0 Å². The standard InChI is InChI=1S/C33H34FN5O5/c1-21(31-36-27-9-8-23(32(40)42-2)17-28(27)39(31)19-25-10-15-43-25)38-13-11-33(41,12-14-38)29-4-3-5-30(37-29)44-20-24-7-6-22(18-35)16-26(24)34/h3-9,16-17,21,25,41H,10-15,19-20H2,1-2H3/t21-,25-/m0/s1. The zero-order valence-electron chi connectivity index (χ0n) is 24.7. The lowest BCUT2D eigenvalue weighted by Crippen LogP contribution is -2.44. The Labute approximate surface area is 254 Å². The van der Waals surface area contributed by atoms with Crippen molar-refractivity contribution in [3.63, 3.8) is 0 Å². The van der Waals surface area contributed by atoms with Gasteiger partial charge in [-0.3, -0.25) is 4.90 Å². The van der Waals surface area contributed by atoms with Gasteiger partial charge in [-0.25, -0.2) is 19.2 Å². The molecule has 2 fully saturated rings. The fourth-order valence-corrected chi connectivity index (χ4v) is 5.87. The van der Waals surface area contributed by atoms with Crippen molar-refractivity contribution < 1.29 is 28.5 Å². The molecule has 228 valence electrons. The summed E-state index contributed by atoms with van der Waals surface area (Å²) >= 11 is 0. The summed E-state index contributed by atoms with van der Waals surface area (Å²) in [4.78, 5) is 24.1. The molecule has 2 aliphatic rings. The second kappa shape index (κ2) is 12.3. The minimum Gasteiger partial charge on any atom is -0.473 e. The van der Waals surface area contributed by atoms with Crippen LogP contribution in [0, 0.1) is 17.1 Å². The molecule has 44 heavy (non-hydrogen) atoms. The molecule has 2 aromatic carbocycles. The first kappa shape index (κ1) is 29.7. The Bertz CT molecular complexity index is 1720. The first-order chi connectivity index (χ1) is 21.3. The molecular weight excluding hydrogens is 565 g/mol. The van der Waals surface area contributed by atoms with E-state index in [-0.39, 0.29) is 30.2 Å². The highest BCUT2D eigenvalue weighted by Crippen LogP contribution is 2.36. The van der Waals surface area contributed by atoms with Gasteiger partial charge in [0, 0.05) is 31.3 Å². The van der Waals surface area contributed by atoms with Crippen LogP contribution in [0.5, 0.6) is 5.88 Å². The van der Waals surface area contributed by atoms with Crippen molar-refractivity contribution in [2.75, 3.05) is 26.8 Å². The van der Waals surface area contributed by atoms with Crippen molar-refractivity contribution in [1.82, 2.24) is 19.4 Å². The van der Waals surface area contributed by atoms with E-state index in [2.05, 4.69) is 21.4 Å². The molecule has 2 aromatic heterocycles. The summed E-state index contributed by atoms with van der Waals surface area (Å²) in [6.07, 6.45) is 1.98.